The van der Waals surface area contributed by atoms with Crippen LogP contribution in [0.5, 0.6) is 0 Å². The molecule has 0 unspecified atom stereocenters. The highest BCUT2D eigenvalue weighted by Gasteiger charge is 2.16. The molecule has 0 fully saturated rings. The lowest BCUT2D eigenvalue weighted by Crippen LogP contribution is -2.06. The summed E-state index contributed by atoms with van der Waals surface area (Å²) in [6.07, 6.45) is 4.95. The molecule has 0 aromatic carbocycles. The van der Waals surface area contributed by atoms with Crippen LogP contribution in [-0.4, -0.2) is 9.97 Å². The first-order valence-electron chi connectivity index (χ1n) is 6.43. The molecule has 2 heterocycles. The summed E-state index contributed by atoms with van der Waals surface area (Å²) in [4.78, 5) is 8.83. The smallest absolute Gasteiger partial charge is 0.144 e. The summed E-state index contributed by atoms with van der Waals surface area (Å²) in [5.41, 5.74) is 3.91. The van der Waals surface area contributed by atoms with Crippen LogP contribution in [0.4, 0.5) is 5.82 Å². The molecule has 3 rings (SSSR count). The van der Waals surface area contributed by atoms with E-state index < -0.39 is 0 Å². The molecule has 0 bridgehead atoms. The standard InChI is InChI=1S/C15H14N4/c16-9-12-8-11-4-3-6-14(11)19-15(12)18-10-13-5-1-2-7-17-13/h1-2,5,7-8H,3-4,6,10H2,(H,18,19). The Balaban J connectivity index is 1.83. The van der Waals surface area contributed by atoms with E-state index in [9.17, 15) is 5.26 Å². The lowest BCUT2D eigenvalue weighted by Gasteiger charge is -2.09. The maximum Gasteiger partial charge on any atom is 0.144 e. The van der Waals surface area contributed by atoms with Crippen molar-refractivity contribution < 1.29 is 0 Å². The number of nitrogens with zero attached hydrogens (tertiary/aromatic N) is 3. The van der Waals surface area contributed by atoms with Gasteiger partial charge in [-0.3, -0.25) is 4.98 Å². The Morgan fingerprint density at radius 3 is 3.05 bits per heavy atom. The first-order chi connectivity index (χ1) is 9.36. The van der Waals surface area contributed by atoms with Gasteiger partial charge in [-0.2, -0.15) is 5.26 Å². The molecule has 0 atom stereocenters. The summed E-state index contributed by atoms with van der Waals surface area (Å²) in [5, 5.41) is 12.4. The van der Waals surface area contributed by atoms with Crippen LogP contribution in [0.1, 0.15) is 28.9 Å². The van der Waals surface area contributed by atoms with Gasteiger partial charge in [-0.05, 0) is 43.0 Å². The molecule has 0 aliphatic heterocycles. The van der Waals surface area contributed by atoms with Gasteiger partial charge < -0.3 is 5.32 Å². The first kappa shape index (κ1) is 11.7. The molecule has 1 aliphatic rings. The molecule has 1 N–H and O–H groups in total. The van der Waals surface area contributed by atoms with Crippen LogP contribution in [0.2, 0.25) is 0 Å². The van der Waals surface area contributed by atoms with E-state index in [0.717, 1.165) is 30.7 Å². The Hall–Kier alpha value is -2.41. The third-order valence-corrected chi connectivity index (χ3v) is 3.33. The average molecular weight is 250 g/mol. The van der Waals surface area contributed by atoms with Gasteiger partial charge in [0.05, 0.1) is 17.8 Å². The highest BCUT2D eigenvalue weighted by atomic mass is 15.0. The summed E-state index contributed by atoms with van der Waals surface area (Å²) in [7, 11) is 0. The van der Waals surface area contributed by atoms with E-state index in [1.54, 1.807) is 6.20 Å². The Morgan fingerprint density at radius 1 is 1.32 bits per heavy atom. The molecule has 0 radical (unpaired) electrons. The van der Waals surface area contributed by atoms with Gasteiger partial charge in [-0.25, -0.2) is 4.98 Å². The molecule has 2 aromatic rings. The quantitative estimate of drug-likeness (QED) is 0.908. The minimum Gasteiger partial charge on any atom is -0.363 e. The molecule has 0 spiro atoms. The van der Waals surface area contributed by atoms with Gasteiger partial charge in [0, 0.05) is 11.9 Å². The molecule has 0 saturated carbocycles. The van der Waals surface area contributed by atoms with Crippen LogP contribution in [0, 0.1) is 11.3 Å². The van der Waals surface area contributed by atoms with Crippen molar-refractivity contribution in [1.82, 2.24) is 9.97 Å². The molecular weight excluding hydrogens is 236 g/mol. The molecule has 4 heteroatoms. The number of aromatic nitrogens is 2. The van der Waals surface area contributed by atoms with E-state index in [1.807, 2.05) is 24.3 Å². The second-order valence-electron chi connectivity index (χ2n) is 4.63. The van der Waals surface area contributed by atoms with Crippen molar-refractivity contribution >= 4 is 5.82 Å². The fraction of sp³-hybridized carbons (Fsp3) is 0.267. The van der Waals surface area contributed by atoms with E-state index >= 15 is 0 Å². The molecule has 19 heavy (non-hydrogen) atoms. The number of pyridine rings is 2. The fourth-order valence-corrected chi connectivity index (χ4v) is 2.37. The number of aryl methyl sites for hydroxylation is 2. The van der Waals surface area contributed by atoms with Gasteiger partial charge in [-0.1, -0.05) is 6.07 Å². The Labute approximate surface area is 112 Å². The van der Waals surface area contributed by atoms with Crippen molar-refractivity contribution in [2.24, 2.45) is 0 Å². The summed E-state index contributed by atoms with van der Waals surface area (Å²) >= 11 is 0. The Morgan fingerprint density at radius 2 is 2.26 bits per heavy atom. The van der Waals surface area contributed by atoms with E-state index in [4.69, 9.17) is 0 Å². The van der Waals surface area contributed by atoms with Gasteiger partial charge in [0.1, 0.15) is 11.9 Å². The largest absolute Gasteiger partial charge is 0.363 e. The molecule has 1 aliphatic carbocycles. The Bertz CT molecular complexity index is 629. The van der Waals surface area contributed by atoms with E-state index in [-0.39, 0.29) is 0 Å². The third-order valence-electron chi connectivity index (χ3n) is 3.33. The zero-order valence-corrected chi connectivity index (χ0v) is 10.6. The Kier molecular flexibility index (Phi) is 3.11. The second-order valence-corrected chi connectivity index (χ2v) is 4.63. The van der Waals surface area contributed by atoms with Crippen molar-refractivity contribution in [3.05, 3.63) is 53.0 Å². The minimum absolute atomic E-state index is 0.585. The van der Waals surface area contributed by atoms with Gasteiger partial charge >= 0.3 is 0 Å². The predicted octanol–water partition coefficient (Wildman–Crippen LogP) is 2.45. The SMILES string of the molecule is N#Cc1cc2c(nc1NCc1ccccn1)CCC2. The van der Waals surface area contributed by atoms with E-state index in [1.165, 1.54) is 5.56 Å². The predicted molar refractivity (Wildman–Crippen MR) is 72.5 cm³/mol. The maximum atomic E-state index is 9.20. The van der Waals surface area contributed by atoms with Crippen molar-refractivity contribution in [1.29, 1.82) is 5.26 Å². The van der Waals surface area contributed by atoms with Crippen LogP contribution in [0.15, 0.2) is 30.5 Å². The van der Waals surface area contributed by atoms with Crippen LogP contribution >= 0.6 is 0 Å². The molecule has 0 amide bonds. The summed E-state index contributed by atoms with van der Waals surface area (Å²) in [5.74, 6) is 0.675. The molecule has 2 aromatic heterocycles. The van der Waals surface area contributed by atoms with Gasteiger partial charge in [0.2, 0.25) is 0 Å². The fourth-order valence-electron chi connectivity index (χ4n) is 2.37. The van der Waals surface area contributed by atoms with Crippen molar-refractivity contribution in [3.63, 3.8) is 0 Å². The van der Waals surface area contributed by atoms with E-state index in [2.05, 4.69) is 21.4 Å². The first-order valence-corrected chi connectivity index (χ1v) is 6.43. The van der Waals surface area contributed by atoms with Crippen molar-refractivity contribution in [3.8, 4) is 6.07 Å². The number of hydrogen-bond acceptors (Lipinski definition) is 4. The van der Waals surface area contributed by atoms with Crippen LogP contribution in [0.25, 0.3) is 0 Å². The van der Waals surface area contributed by atoms with Crippen molar-refractivity contribution in [2.45, 2.75) is 25.8 Å². The highest BCUT2D eigenvalue weighted by Crippen LogP contribution is 2.25. The average Bonchev–Trinajstić information content (AvgIpc) is 2.92. The number of fused-ring (bicyclic) bond motifs is 1. The molecule has 0 saturated heterocycles. The topological polar surface area (TPSA) is 61.6 Å². The maximum absolute atomic E-state index is 9.20. The summed E-state index contributed by atoms with van der Waals surface area (Å²) in [6, 6.07) is 9.97. The second kappa shape index (κ2) is 5.07. The van der Waals surface area contributed by atoms with Crippen LogP contribution in [-0.2, 0) is 19.4 Å². The highest BCUT2D eigenvalue weighted by molar-refractivity contribution is 5.55. The number of rotatable bonds is 3. The van der Waals surface area contributed by atoms with Crippen LogP contribution in [0.3, 0.4) is 0 Å². The summed E-state index contributed by atoms with van der Waals surface area (Å²) in [6.45, 7) is 0.585. The van der Waals surface area contributed by atoms with Gasteiger partial charge in [0.15, 0.2) is 0 Å². The molecule has 4 nitrogen and oxygen atoms in total. The van der Waals surface area contributed by atoms with Crippen molar-refractivity contribution in [2.75, 3.05) is 5.32 Å². The molecule has 94 valence electrons. The number of hydrogen-bond donors (Lipinski definition) is 1. The van der Waals surface area contributed by atoms with E-state index in [0.29, 0.717) is 17.9 Å². The minimum atomic E-state index is 0.585. The number of nitrogens with one attached hydrogen (secondary N) is 1. The summed E-state index contributed by atoms with van der Waals surface area (Å²) < 4.78 is 0. The number of anilines is 1. The van der Waals surface area contributed by atoms with Gasteiger partial charge in [0.25, 0.3) is 0 Å². The lowest BCUT2D eigenvalue weighted by molar-refractivity contribution is 0.898. The van der Waals surface area contributed by atoms with Crippen LogP contribution < -0.4 is 5.32 Å². The lowest BCUT2D eigenvalue weighted by atomic mass is 10.1. The normalized spacial score (nSPS) is 12.8. The zero-order chi connectivity index (χ0) is 13.1. The monoisotopic (exact) mass is 250 g/mol. The molecular formula is C15H14N4. The third kappa shape index (κ3) is 2.41. The number of nitriles is 1. The zero-order valence-electron chi connectivity index (χ0n) is 10.6. The van der Waals surface area contributed by atoms with Gasteiger partial charge in [-0.15, -0.1) is 0 Å².